The number of allylic oxidation sites excluding steroid dienone is 1. The molecule has 2 rings (SSSR count). The minimum Gasteiger partial charge on any atom is -0.488 e. The van der Waals surface area contributed by atoms with Gasteiger partial charge in [0.1, 0.15) is 6.61 Å². The van der Waals surface area contributed by atoms with E-state index in [0.717, 1.165) is 12.1 Å². The normalized spacial score (nSPS) is 12.3. The maximum Gasteiger partial charge on any atom is 0.335 e. The summed E-state index contributed by atoms with van der Waals surface area (Å²) < 4.78 is 11.9. The van der Waals surface area contributed by atoms with Crippen LogP contribution < -0.4 is 9.47 Å². The molecule has 2 atom stereocenters. The van der Waals surface area contributed by atoms with Crippen LogP contribution in [0.1, 0.15) is 40.2 Å². The molecule has 0 saturated carbocycles. The van der Waals surface area contributed by atoms with Crippen LogP contribution in [0.2, 0.25) is 5.02 Å². The molecule has 0 saturated heterocycles. The van der Waals surface area contributed by atoms with Crippen molar-refractivity contribution >= 4 is 35.4 Å². The summed E-state index contributed by atoms with van der Waals surface area (Å²) in [6.07, 6.45) is -2.82. The van der Waals surface area contributed by atoms with Crippen LogP contribution in [0, 0.1) is 0 Å². The molecule has 13 heteroatoms. The molecule has 0 aliphatic rings. The molecule has 0 aliphatic heterocycles. The number of hydrogen-bond donors (Lipinski definition) is 4. The number of Topliss-reactive ketones (excluding diaryl/α,β-unsaturated/α-hetero) is 1. The highest BCUT2D eigenvalue weighted by molar-refractivity contribution is 6.30. The number of benzene rings is 2. The van der Waals surface area contributed by atoms with Gasteiger partial charge in [-0.15, -0.1) is 0 Å². The van der Waals surface area contributed by atoms with Crippen molar-refractivity contribution in [1.29, 1.82) is 0 Å². The molecule has 2 unspecified atom stereocenters. The molecule has 0 fully saturated rings. The van der Waals surface area contributed by atoms with Gasteiger partial charge in [-0.3, -0.25) is 9.69 Å². The molecule has 8 N–H and O–H groups in total. The SMILES string of the molecule is CC(=O)/C(=C/c1ccccc1)Oc1cc(Cl)ccc1OCCN(C(C)C)C(C)C.O.O.O=C(O)C(O)C(O)C(=O)O. The van der Waals surface area contributed by atoms with Crippen molar-refractivity contribution in [1.82, 2.24) is 4.90 Å². The highest BCUT2D eigenvalue weighted by Gasteiger charge is 2.29. The van der Waals surface area contributed by atoms with Crippen molar-refractivity contribution in [2.45, 2.75) is 58.9 Å². The lowest BCUT2D eigenvalue weighted by Gasteiger charge is -2.30. The number of aliphatic carboxylic acids is 2. The average molecular weight is 602 g/mol. The fourth-order valence-corrected chi connectivity index (χ4v) is 3.51. The minimum atomic E-state index is -2.27. The van der Waals surface area contributed by atoms with Crippen molar-refractivity contribution < 1.29 is 55.2 Å². The summed E-state index contributed by atoms with van der Waals surface area (Å²) in [5.74, 6) is -2.50. The molecular formula is C28H40ClNO11. The summed E-state index contributed by atoms with van der Waals surface area (Å²) in [4.78, 5) is 34.0. The number of halogens is 1. The average Bonchev–Trinajstić information content (AvgIpc) is 2.86. The van der Waals surface area contributed by atoms with E-state index in [1.807, 2.05) is 30.3 Å². The number of rotatable bonds is 13. The zero-order valence-corrected chi connectivity index (χ0v) is 24.3. The predicted octanol–water partition coefficient (Wildman–Crippen LogP) is 2.07. The largest absolute Gasteiger partial charge is 0.488 e. The lowest BCUT2D eigenvalue weighted by molar-refractivity contribution is -0.165. The number of carbonyl (C=O) groups excluding carboxylic acids is 1. The summed E-state index contributed by atoms with van der Waals surface area (Å²) in [6.45, 7) is 11.5. The molecule has 0 amide bonds. The van der Waals surface area contributed by atoms with Gasteiger partial charge >= 0.3 is 11.9 Å². The Hall–Kier alpha value is -3.52. The standard InChI is InChI=1S/C24H30ClNO3.C4H6O6.2H2O/c1-17(2)26(18(3)4)13-14-28-22-12-11-21(25)16-24(22)29-23(19(5)27)15-20-9-7-6-8-10-20;5-1(3(7)8)2(6)4(9)10;;/h6-12,15-18H,13-14H2,1-5H3;1-2,5-6H,(H,7,8)(H,9,10);2*1H2/b23-15-;;;. The van der Waals surface area contributed by atoms with E-state index < -0.39 is 24.1 Å². The van der Waals surface area contributed by atoms with E-state index in [1.165, 1.54) is 6.92 Å². The first-order chi connectivity index (χ1) is 18.2. The molecule has 41 heavy (non-hydrogen) atoms. The second kappa shape index (κ2) is 19.5. The molecule has 0 spiro atoms. The third kappa shape index (κ3) is 14.1. The van der Waals surface area contributed by atoms with Gasteiger partial charge in [0.25, 0.3) is 0 Å². The van der Waals surface area contributed by atoms with Crippen molar-refractivity contribution in [2.24, 2.45) is 0 Å². The second-order valence-corrected chi connectivity index (χ2v) is 9.44. The summed E-state index contributed by atoms with van der Waals surface area (Å²) >= 11 is 6.16. The van der Waals surface area contributed by atoms with Crippen LogP contribution in [0.3, 0.4) is 0 Å². The van der Waals surface area contributed by atoms with Gasteiger partial charge in [0.15, 0.2) is 35.2 Å². The topological polar surface area (TPSA) is 217 Å². The number of carbonyl (C=O) groups is 3. The van der Waals surface area contributed by atoms with Gasteiger partial charge in [-0.2, -0.15) is 0 Å². The van der Waals surface area contributed by atoms with E-state index >= 15 is 0 Å². The van der Waals surface area contributed by atoms with Crippen molar-refractivity contribution in [3.63, 3.8) is 0 Å². The highest BCUT2D eigenvalue weighted by Crippen LogP contribution is 2.32. The number of aliphatic hydroxyl groups is 2. The molecule has 0 bridgehead atoms. The maximum absolute atomic E-state index is 12.1. The molecule has 230 valence electrons. The fourth-order valence-electron chi connectivity index (χ4n) is 3.35. The smallest absolute Gasteiger partial charge is 0.335 e. The Morgan fingerprint density at radius 3 is 1.83 bits per heavy atom. The predicted molar refractivity (Wildman–Crippen MR) is 154 cm³/mol. The summed E-state index contributed by atoms with van der Waals surface area (Å²) in [6, 6.07) is 15.6. The molecular weight excluding hydrogens is 562 g/mol. The van der Waals surface area contributed by atoms with E-state index in [1.54, 1.807) is 24.3 Å². The number of ketones is 1. The minimum absolute atomic E-state index is 0. The van der Waals surface area contributed by atoms with Crippen LogP contribution in [-0.4, -0.2) is 91.4 Å². The Morgan fingerprint density at radius 1 is 0.878 bits per heavy atom. The van der Waals surface area contributed by atoms with Gasteiger partial charge < -0.3 is 40.9 Å². The first-order valence-corrected chi connectivity index (χ1v) is 12.6. The fraction of sp³-hybridized carbons (Fsp3) is 0.393. The van der Waals surface area contributed by atoms with Crippen LogP contribution >= 0.6 is 11.6 Å². The van der Waals surface area contributed by atoms with Crippen molar-refractivity contribution in [3.05, 3.63) is 64.9 Å². The zero-order valence-electron chi connectivity index (χ0n) is 23.6. The van der Waals surface area contributed by atoms with Crippen LogP contribution in [0.4, 0.5) is 0 Å². The Morgan fingerprint density at radius 2 is 1.39 bits per heavy atom. The first kappa shape index (κ1) is 39.6. The Kier molecular flexibility index (Phi) is 18.9. The third-order valence-electron chi connectivity index (χ3n) is 5.31. The number of carboxylic acids is 2. The van der Waals surface area contributed by atoms with Gasteiger partial charge in [0, 0.05) is 36.6 Å². The van der Waals surface area contributed by atoms with Gasteiger partial charge in [-0.1, -0.05) is 41.9 Å². The molecule has 12 nitrogen and oxygen atoms in total. The molecule has 0 aromatic heterocycles. The highest BCUT2D eigenvalue weighted by atomic mass is 35.5. The van der Waals surface area contributed by atoms with E-state index in [9.17, 15) is 14.4 Å². The monoisotopic (exact) mass is 601 g/mol. The first-order valence-electron chi connectivity index (χ1n) is 12.2. The number of carboxylic acid groups (broad SMARTS) is 2. The van der Waals surface area contributed by atoms with E-state index in [0.29, 0.717) is 35.2 Å². The van der Waals surface area contributed by atoms with Crippen LogP contribution in [-0.2, 0) is 14.4 Å². The van der Waals surface area contributed by atoms with Crippen molar-refractivity contribution in [3.8, 4) is 11.5 Å². The summed E-state index contributed by atoms with van der Waals surface area (Å²) in [5, 5.41) is 33.0. The molecule has 2 aromatic carbocycles. The van der Waals surface area contributed by atoms with Gasteiger partial charge in [-0.25, -0.2) is 9.59 Å². The number of nitrogens with zero attached hydrogens (tertiary/aromatic N) is 1. The third-order valence-corrected chi connectivity index (χ3v) is 5.54. The molecule has 0 radical (unpaired) electrons. The maximum atomic E-state index is 12.1. The Labute approximate surface area is 244 Å². The van der Waals surface area contributed by atoms with E-state index in [4.69, 9.17) is 41.5 Å². The Balaban J connectivity index is 0. The molecule has 0 heterocycles. The number of hydrogen-bond acceptors (Lipinski definition) is 8. The molecule has 2 aromatic rings. The van der Waals surface area contributed by atoms with E-state index in [2.05, 4.69) is 32.6 Å². The van der Waals surface area contributed by atoms with Crippen molar-refractivity contribution in [2.75, 3.05) is 13.2 Å². The lowest BCUT2D eigenvalue weighted by atomic mass is 10.2. The number of ether oxygens (including phenoxy) is 2. The van der Waals surface area contributed by atoms with Crippen LogP contribution in [0.25, 0.3) is 6.08 Å². The lowest BCUT2D eigenvalue weighted by Crippen LogP contribution is -2.39. The van der Waals surface area contributed by atoms with Gasteiger partial charge in [0.05, 0.1) is 0 Å². The molecule has 0 aliphatic carbocycles. The summed E-state index contributed by atoms with van der Waals surface area (Å²) in [7, 11) is 0. The van der Waals surface area contributed by atoms with Gasteiger partial charge in [-0.05, 0) is 51.5 Å². The van der Waals surface area contributed by atoms with E-state index in [-0.39, 0.29) is 22.5 Å². The summed E-state index contributed by atoms with van der Waals surface area (Å²) in [5.41, 5.74) is 0.881. The zero-order chi connectivity index (χ0) is 29.7. The van der Waals surface area contributed by atoms with Crippen LogP contribution in [0.5, 0.6) is 11.5 Å². The second-order valence-electron chi connectivity index (χ2n) is 9.01. The van der Waals surface area contributed by atoms with Crippen LogP contribution in [0.15, 0.2) is 54.3 Å². The number of aliphatic hydroxyl groups excluding tert-OH is 2. The quantitative estimate of drug-likeness (QED) is 0.193. The van der Waals surface area contributed by atoms with Gasteiger partial charge in [0.2, 0.25) is 0 Å². The Bertz CT molecular complexity index is 1100.